The fourth-order valence-corrected chi connectivity index (χ4v) is 1.87. The molecule has 2 heteroatoms. The van der Waals surface area contributed by atoms with Gasteiger partial charge in [-0.1, -0.05) is 24.3 Å². The summed E-state index contributed by atoms with van der Waals surface area (Å²) in [7, 11) is 0. The van der Waals surface area contributed by atoms with E-state index in [1.165, 1.54) is 11.1 Å². The second-order valence-corrected chi connectivity index (χ2v) is 3.32. The SMILES string of the molecule is N#CCC1NCCc2ccccc21. The predicted octanol–water partition coefficient (Wildman–Crippen LogP) is 1.79. The lowest BCUT2D eigenvalue weighted by Gasteiger charge is -2.24. The maximum Gasteiger partial charge on any atom is 0.0641 e. The second-order valence-electron chi connectivity index (χ2n) is 3.32. The molecular formula is C11H12N2. The van der Waals surface area contributed by atoms with Crippen molar-refractivity contribution in [3.8, 4) is 6.07 Å². The summed E-state index contributed by atoms with van der Waals surface area (Å²) in [5.74, 6) is 0. The Morgan fingerprint density at radius 2 is 2.31 bits per heavy atom. The van der Waals surface area contributed by atoms with Crippen LogP contribution in [0.2, 0.25) is 0 Å². The van der Waals surface area contributed by atoms with Crippen LogP contribution < -0.4 is 5.32 Å². The molecule has 0 aromatic heterocycles. The van der Waals surface area contributed by atoms with E-state index in [0.29, 0.717) is 6.42 Å². The minimum atomic E-state index is 0.245. The zero-order chi connectivity index (χ0) is 9.10. The fraction of sp³-hybridized carbons (Fsp3) is 0.364. The third kappa shape index (κ3) is 1.56. The van der Waals surface area contributed by atoms with Crippen molar-refractivity contribution >= 4 is 0 Å². The largest absolute Gasteiger partial charge is 0.309 e. The molecule has 1 atom stereocenters. The van der Waals surface area contributed by atoms with E-state index < -0.39 is 0 Å². The molecule has 0 saturated heterocycles. The third-order valence-corrected chi connectivity index (χ3v) is 2.51. The standard InChI is InChI=1S/C11H12N2/c12-7-5-11-10-4-2-1-3-9(10)6-8-13-11/h1-4,11,13H,5-6,8H2. The molecule has 0 amide bonds. The van der Waals surface area contributed by atoms with Crippen molar-refractivity contribution < 1.29 is 0 Å². The van der Waals surface area contributed by atoms with Gasteiger partial charge in [0.05, 0.1) is 12.5 Å². The van der Waals surface area contributed by atoms with E-state index in [-0.39, 0.29) is 6.04 Å². The summed E-state index contributed by atoms with van der Waals surface area (Å²) < 4.78 is 0. The minimum absolute atomic E-state index is 0.245. The maximum absolute atomic E-state index is 8.65. The van der Waals surface area contributed by atoms with Crippen LogP contribution >= 0.6 is 0 Å². The van der Waals surface area contributed by atoms with Gasteiger partial charge in [0.1, 0.15) is 0 Å². The highest BCUT2D eigenvalue weighted by molar-refractivity contribution is 5.32. The van der Waals surface area contributed by atoms with Crippen LogP contribution in [-0.2, 0) is 6.42 Å². The Bertz CT molecular complexity index is 338. The molecule has 1 aliphatic heterocycles. The number of nitrogens with zero attached hydrogens (tertiary/aromatic N) is 1. The molecule has 1 N–H and O–H groups in total. The lowest BCUT2D eigenvalue weighted by molar-refractivity contribution is 0.513. The first-order valence-corrected chi connectivity index (χ1v) is 4.60. The molecule has 0 spiro atoms. The summed E-state index contributed by atoms with van der Waals surface area (Å²) >= 11 is 0. The highest BCUT2D eigenvalue weighted by atomic mass is 14.9. The van der Waals surface area contributed by atoms with Crippen LogP contribution in [0.5, 0.6) is 0 Å². The molecule has 0 fully saturated rings. The van der Waals surface area contributed by atoms with Crippen LogP contribution in [0.25, 0.3) is 0 Å². The Morgan fingerprint density at radius 1 is 1.46 bits per heavy atom. The number of hydrogen-bond donors (Lipinski definition) is 1. The summed E-state index contributed by atoms with van der Waals surface area (Å²) in [6.45, 7) is 0.989. The van der Waals surface area contributed by atoms with Crippen molar-refractivity contribution in [2.24, 2.45) is 0 Å². The third-order valence-electron chi connectivity index (χ3n) is 2.51. The van der Waals surface area contributed by atoms with E-state index in [1.807, 2.05) is 6.07 Å². The van der Waals surface area contributed by atoms with E-state index in [0.717, 1.165) is 13.0 Å². The summed E-state index contributed by atoms with van der Waals surface area (Å²) in [5, 5.41) is 12.0. The Balaban J connectivity index is 2.32. The van der Waals surface area contributed by atoms with Crippen LogP contribution in [-0.4, -0.2) is 6.54 Å². The van der Waals surface area contributed by atoms with Gasteiger partial charge >= 0.3 is 0 Å². The summed E-state index contributed by atoms with van der Waals surface area (Å²) in [5.41, 5.74) is 2.69. The zero-order valence-corrected chi connectivity index (χ0v) is 7.46. The van der Waals surface area contributed by atoms with Crippen molar-refractivity contribution in [2.45, 2.75) is 18.9 Å². The maximum atomic E-state index is 8.65. The van der Waals surface area contributed by atoms with Gasteiger partial charge in [0.25, 0.3) is 0 Å². The van der Waals surface area contributed by atoms with Crippen molar-refractivity contribution in [3.63, 3.8) is 0 Å². The summed E-state index contributed by atoms with van der Waals surface area (Å²) in [6.07, 6.45) is 1.65. The van der Waals surface area contributed by atoms with E-state index in [1.54, 1.807) is 0 Å². The first kappa shape index (κ1) is 8.28. The Labute approximate surface area is 78.2 Å². The van der Waals surface area contributed by atoms with Crippen LogP contribution in [0.3, 0.4) is 0 Å². The van der Waals surface area contributed by atoms with Gasteiger partial charge in [0, 0.05) is 6.04 Å². The predicted molar refractivity (Wildman–Crippen MR) is 51.1 cm³/mol. The number of fused-ring (bicyclic) bond motifs is 1. The van der Waals surface area contributed by atoms with Crippen LogP contribution in [0.15, 0.2) is 24.3 Å². The van der Waals surface area contributed by atoms with E-state index in [4.69, 9.17) is 5.26 Å². The molecule has 2 nitrogen and oxygen atoms in total. The van der Waals surface area contributed by atoms with E-state index >= 15 is 0 Å². The molecule has 66 valence electrons. The van der Waals surface area contributed by atoms with Crippen LogP contribution in [0.4, 0.5) is 0 Å². The number of nitrogens with one attached hydrogen (secondary N) is 1. The smallest absolute Gasteiger partial charge is 0.0641 e. The van der Waals surface area contributed by atoms with Gasteiger partial charge in [-0.2, -0.15) is 5.26 Å². The molecule has 0 bridgehead atoms. The highest BCUT2D eigenvalue weighted by Gasteiger charge is 2.17. The molecule has 1 aliphatic rings. The average molecular weight is 172 g/mol. The Kier molecular flexibility index (Phi) is 2.29. The molecule has 13 heavy (non-hydrogen) atoms. The zero-order valence-electron chi connectivity index (χ0n) is 7.46. The molecule has 1 unspecified atom stereocenters. The minimum Gasteiger partial charge on any atom is -0.309 e. The van der Waals surface area contributed by atoms with Crippen LogP contribution in [0.1, 0.15) is 23.6 Å². The van der Waals surface area contributed by atoms with Gasteiger partial charge in [-0.15, -0.1) is 0 Å². The normalized spacial score (nSPS) is 20.4. The first-order valence-electron chi connectivity index (χ1n) is 4.60. The number of rotatable bonds is 1. The molecule has 0 aliphatic carbocycles. The Morgan fingerprint density at radius 3 is 3.15 bits per heavy atom. The average Bonchev–Trinajstić information content (AvgIpc) is 2.19. The molecule has 2 rings (SSSR count). The molecule has 1 aromatic carbocycles. The first-order chi connectivity index (χ1) is 6.42. The lowest BCUT2D eigenvalue weighted by Crippen LogP contribution is -2.29. The quantitative estimate of drug-likeness (QED) is 0.701. The molecule has 0 saturated carbocycles. The highest BCUT2D eigenvalue weighted by Crippen LogP contribution is 2.24. The van der Waals surface area contributed by atoms with Gasteiger partial charge in [0.15, 0.2) is 0 Å². The second kappa shape index (κ2) is 3.59. The van der Waals surface area contributed by atoms with Gasteiger partial charge in [-0.25, -0.2) is 0 Å². The van der Waals surface area contributed by atoms with E-state index in [2.05, 4.69) is 29.6 Å². The Hall–Kier alpha value is -1.33. The van der Waals surface area contributed by atoms with Gasteiger partial charge in [-0.3, -0.25) is 0 Å². The van der Waals surface area contributed by atoms with Crippen molar-refractivity contribution in [1.82, 2.24) is 5.32 Å². The molecule has 1 aromatic rings. The van der Waals surface area contributed by atoms with Crippen molar-refractivity contribution in [3.05, 3.63) is 35.4 Å². The monoisotopic (exact) mass is 172 g/mol. The number of hydrogen-bond acceptors (Lipinski definition) is 2. The lowest BCUT2D eigenvalue weighted by atomic mass is 9.93. The molecular weight excluding hydrogens is 160 g/mol. The summed E-state index contributed by atoms with van der Waals surface area (Å²) in [6, 6.07) is 10.8. The number of nitriles is 1. The topological polar surface area (TPSA) is 35.8 Å². The molecule has 1 heterocycles. The number of benzene rings is 1. The van der Waals surface area contributed by atoms with E-state index in [9.17, 15) is 0 Å². The summed E-state index contributed by atoms with van der Waals surface area (Å²) in [4.78, 5) is 0. The van der Waals surface area contributed by atoms with Crippen molar-refractivity contribution in [2.75, 3.05) is 6.54 Å². The van der Waals surface area contributed by atoms with Gasteiger partial charge in [0.2, 0.25) is 0 Å². The van der Waals surface area contributed by atoms with Gasteiger partial charge < -0.3 is 5.32 Å². The van der Waals surface area contributed by atoms with Crippen molar-refractivity contribution in [1.29, 1.82) is 5.26 Å². The fourth-order valence-electron chi connectivity index (χ4n) is 1.87. The van der Waals surface area contributed by atoms with Crippen LogP contribution in [0, 0.1) is 11.3 Å². The molecule has 0 radical (unpaired) electrons. The van der Waals surface area contributed by atoms with Gasteiger partial charge in [-0.05, 0) is 24.1 Å².